The van der Waals surface area contributed by atoms with Crippen LogP contribution in [0.1, 0.15) is 29.0 Å². The summed E-state index contributed by atoms with van der Waals surface area (Å²) in [5.74, 6) is -0.469. The number of benzene rings is 2. The molecular formula is C25H22Cl2N8O2. The minimum Gasteiger partial charge on any atom is -0.364 e. The number of nitrogens with zero attached hydrogens (tertiary/aromatic N) is 6. The normalized spacial score (nSPS) is 11.5. The zero-order chi connectivity index (χ0) is 26.4. The van der Waals surface area contributed by atoms with Gasteiger partial charge in [-0.1, -0.05) is 41.4 Å². The van der Waals surface area contributed by atoms with Gasteiger partial charge in [-0.25, -0.2) is 15.0 Å². The molecule has 188 valence electrons. The molecule has 0 aliphatic carbocycles. The number of nitrogens with one attached hydrogen (secondary N) is 2. The molecule has 0 bridgehead atoms. The number of nitro groups is 1. The number of nitriles is 1. The molecule has 4 rings (SSSR count). The van der Waals surface area contributed by atoms with Gasteiger partial charge in [-0.3, -0.25) is 10.1 Å². The molecular weight excluding hydrogens is 515 g/mol. The number of hydrogen-bond donors (Lipinski definition) is 2. The summed E-state index contributed by atoms with van der Waals surface area (Å²) in [6.45, 7) is 3.00. The molecule has 0 saturated carbocycles. The summed E-state index contributed by atoms with van der Waals surface area (Å²) in [4.78, 5) is 23.6. The van der Waals surface area contributed by atoms with Crippen molar-refractivity contribution in [1.82, 2.24) is 19.5 Å². The second kappa shape index (κ2) is 11.7. The lowest BCUT2D eigenvalue weighted by atomic mass is 9.91. The van der Waals surface area contributed by atoms with E-state index in [9.17, 15) is 15.4 Å². The number of halogens is 2. The molecule has 0 aliphatic rings. The van der Waals surface area contributed by atoms with Crippen LogP contribution in [-0.2, 0) is 6.54 Å². The van der Waals surface area contributed by atoms with Gasteiger partial charge in [0, 0.05) is 41.2 Å². The van der Waals surface area contributed by atoms with Crippen molar-refractivity contribution in [2.45, 2.75) is 25.8 Å². The molecule has 1 atom stereocenters. The standard InChI is InChI=1S/C25H22Cl2N8O2/c1-16-11-19(20(13-28)17-3-5-18(26)6-4-17)21(27)12-22(16)33-25-23(35(36)37)24(31-14-32-25)30-7-2-9-34-10-8-29-15-34/h3-6,8,10-12,14-15,20H,2,7,9H2,1H3,(H2,30,31,32,33). The maximum absolute atomic E-state index is 11.9. The molecule has 2 N–H and O–H groups in total. The lowest BCUT2D eigenvalue weighted by molar-refractivity contribution is -0.383. The highest BCUT2D eigenvalue weighted by Crippen LogP contribution is 2.37. The van der Waals surface area contributed by atoms with Crippen LogP contribution in [0.4, 0.5) is 23.0 Å². The van der Waals surface area contributed by atoms with Gasteiger partial charge >= 0.3 is 5.69 Å². The Bertz CT molecular complexity index is 1440. The van der Waals surface area contributed by atoms with Crippen molar-refractivity contribution in [1.29, 1.82) is 5.26 Å². The Balaban J connectivity index is 1.56. The monoisotopic (exact) mass is 536 g/mol. The number of aromatic nitrogens is 4. The molecule has 0 saturated heterocycles. The molecule has 0 spiro atoms. The summed E-state index contributed by atoms with van der Waals surface area (Å²) in [6, 6.07) is 12.7. The highest BCUT2D eigenvalue weighted by atomic mass is 35.5. The molecule has 0 amide bonds. The topological polar surface area (TPSA) is 135 Å². The molecule has 10 nitrogen and oxygen atoms in total. The van der Waals surface area contributed by atoms with Crippen LogP contribution in [0, 0.1) is 28.4 Å². The van der Waals surface area contributed by atoms with Gasteiger partial charge in [0.25, 0.3) is 0 Å². The predicted octanol–water partition coefficient (Wildman–Crippen LogP) is 6.10. The zero-order valence-corrected chi connectivity index (χ0v) is 21.2. The van der Waals surface area contributed by atoms with Crippen LogP contribution in [-0.4, -0.2) is 31.0 Å². The summed E-state index contributed by atoms with van der Waals surface area (Å²) in [7, 11) is 0. The minimum atomic E-state index is -0.607. The molecule has 2 aromatic heterocycles. The highest BCUT2D eigenvalue weighted by molar-refractivity contribution is 6.32. The number of hydrogen-bond acceptors (Lipinski definition) is 8. The van der Waals surface area contributed by atoms with Crippen molar-refractivity contribution in [2.24, 2.45) is 0 Å². The average Bonchev–Trinajstić information content (AvgIpc) is 3.40. The Morgan fingerprint density at radius 2 is 1.95 bits per heavy atom. The molecule has 12 heteroatoms. The van der Waals surface area contributed by atoms with Gasteiger partial charge in [0.2, 0.25) is 11.6 Å². The van der Waals surface area contributed by atoms with Crippen molar-refractivity contribution in [3.63, 3.8) is 0 Å². The molecule has 0 fully saturated rings. The molecule has 4 aromatic rings. The molecule has 1 unspecified atom stereocenters. The first kappa shape index (κ1) is 25.9. The van der Waals surface area contributed by atoms with Gasteiger partial charge in [-0.05, 0) is 48.2 Å². The van der Waals surface area contributed by atoms with E-state index in [1.54, 1.807) is 48.9 Å². The Hall–Kier alpha value is -4.20. The van der Waals surface area contributed by atoms with Crippen LogP contribution in [0.25, 0.3) is 0 Å². The van der Waals surface area contributed by atoms with Crippen LogP contribution in [0.15, 0.2) is 61.4 Å². The van der Waals surface area contributed by atoms with E-state index in [-0.39, 0.29) is 17.3 Å². The Kier molecular flexibility index (Phi) is 8.18. The first-order valence-electron chi connectivity index (χ1n) is 11.3. The van der Waals surface area contributed by atoms with Gasteiger partial charge in [-0.2, -0.15) is 5.26 Å². The van der Waals surface area contributed by atoms with Gasteiger partial charge in [0.15, 0.2) is 0 Å². The second-order valence-electron chi connectivity index (χ2n) is 8.18. The lowest BCUT2D eigenvalue weighted by Gasteiger charge is -2.17. The van der Waals surface area contributed by atoms with E-state index in [1.807, 2.05) is 17.7 Å². The van der Waals surface area contributed by atoms with Crippen molar-refractivity contribution in [3.8, 4) is 6.07 Å². The van der Waals surface area contributed by atoms with E-state index in [0.29, 0.717) is 40.8 Å². The van der Waals surface area contributed by atoms with Crippen molar-refractivity contribution >= 4 is 46.2 Å². The maximum atomic E-state index is 11.9. The van der Waals surface area contributed by atoms with Crippen LogP contribution in [0.5, 0.6) is 0 Å². The smallest absolute Gasteiger partial charge is 0.353 e. The number of imidazole rings is 1. The lowest BCUT2D eigenvalue weighted by Crippen LogP contribution is -2.11. The fourth-order valence-electron chi connectivity index (χ4n) is 3.83. The Labute approximate surface area is 223 Å². The van der Waals surface area contributed by atoms with Crippen molar-refractivity contribution in [3.05, 3.63) is 98.3 Å². The van der Waals surface area contributed by atoms with E-state index in [2.05, 4.69) is 31.7 Å². The van der Waals surface area contributed by atoms with Crippen LogP contribution >= 0.6 is 23.2 Å². The highest BCUT2D eigenvalue weighted by Gasteiger charge is 2.24. The number of aryl methyl sites for hydroxylation is 2. The van der Waals surface area contributed by atoms with Gasteiger partial charge in [0.1, 0.15) is 6.33 Å². The number of rotatable bonds is 10. The van der Waals surface area contributed by atoms with E-state index in [4.69, 9.17) is 23.2 Å². The summed E-state index contributed by atoms with van der Waals surface area (Å²) >= 11 is 12.6. The summed E-state index contributed by atoms with van der Waals surface area (Å²) in [5.41, 5.74) is 2.35. The third-order valence-corrected chi connectivity index (χ3v) is 6.27. The largest absolute Gasteiger partial charge is 0.364 e. The minimum absolute atomic E-state index is 0.0264. The summed E-state index contributed by atoms with van der Waals surface area (Å²) in [6.07, 6.45) is 7.22. The predicted molar refractivity (Wildman–Crippen MR) is 142 cm³/mol. The Morgan fingerprint density at radius 1 is 1.19 bits per heavy atom. The molecule has 2 aromatic carbocycles. The molecule has 0 aliphatic heterocycles. The molecule has 37 heavy (non-hydrogen) atoms. The summed E-state index contributed by atoms with van der Waals surface area (Å²) < 4.78 is 1.92. The molecule has 2 heterocycles. The van der Waals surface area contributed by atoms with E-state index < -0.39 is 10.8 Å². The third kappa shape index (κ3) is 6.14. The average molecular weight is 537 g/mol. The Morgan fingerprint density at radius 3 is 2.62 bits per heavy atom. The zero-order valence-electron chi connectivity index (χ0n) is 19.7. The SMILES string of the molecule is Cc1cc(C(C#N)c2ccc(Cl)cc2)c(Cl)cc1Nc1ncnc(NCCCn2ccnc2)c1[N+](=O)[O-]. The van der Waals surface area contributed by atoms with Gasteiger partial charge < -0.3 is 15.2 Å². The van der Waals surface area contributed by atoms with Crippen LogP contribution in [0.2, 0.25) is 10.0 Å². The quantitative estimate of drug-likeness (QED) is 0.141. The van der Waals surface area contributed by atoms with E-state index in [1.165, 1.54) is 6.33 Å². The second-order valence-corrected chi connectivity index (χ2v) is 9.03. The first-order valence-corrected chi connectivity index (χ1v) is 12.0. The summed E-state index contributed by atoms with van der Waals surface area (Å²) in [5, 5.41) is 28.7. The van der Waals surface area contributed by atoms with Crippen LogP contribution < -0.4 is 10.6 Å². The fraction of sp³-hybridized carbons (Fsp3) is 0.200. The van der Waals surface area contributed by atoms with Crippen molar-refractivity contribution < 1.29 is 4.92 Å². The maximum Gasteiger partial charge on any atom is 0.353 e. The van der Waals surface area contributed by atoms with Crippen molar-refractivity contribution in [2.75, 3.05) is 17.2 Å². The van der Waals surface area contributed by atoms with E-state index >= 15 is 0 Å². The van der Waals surface area contributed by atoms with Gasteiger partial charge in [0.05, 0.1) is 23.2 Å². The third-order valence-electron chi connectivity index (χ3n) is 5.69. The molecule has 0 radical (unpaired) electrons. The first-order chi connectivity index (χ1) is 17.9. The van der Waals surface area contributed by atoms with E-state index in [0.717, 1.165) is 11.1 Å². The van der Waals surface area contributed by atoms with Gasteiger partial charge in [-0.15, -0.1) is 0 Å². The fourth-order valence-corrected chi connectivity index (χ4v) is 4.22. The number of anilines is 3. The van der Waals surface area contributed by atoms with Crippen LogP contribution in [0.3, 0.4) is 0 Å².